The molecule has 20 heavy (non-hydrogen) atoms. The summed E-state index contributed by atoms with van der Waals surface area (Å²) < 4.78 is 1.18. The average Bonchev–Trinajstić information content (AvgIpc) is 2.39. The molecule has 0 unspecified atom stereocenters. The lowest BCUT2D eigenvalue weighted by atomic mass is 9.76. The molecule has 2 aromatic rings. The maximum Gasteiger partial charge on any atom is 0.0372 e. The fraction of sp³-hybridized carbons (Fsp3) is 0.353. The molecule has 2 nitrogen and oxygen atoms in total. The number of hydrogen-bond acceptors (Lipinski definition) is 2. The van der Waals surface area contributed by atoms with Crippen LogP contribution in [0.5, 0.6) is 0 Å². The average molecular weight is 331 g/mol. The molecule has 104 valence electrons. The van der Waals surface area contributed by atoms with Crippen molar-refractivity contribution in [3.63, 3.8) is 0 Å². The highest BCUT2D eigenvalue weighted by Gasteiger charge is 2.29. The lowest BCUT2D eigenvalue weighted by Gasteiger charge is -2.36. The first-order valence-corrected chi connectivity index (χ1v) is 7.90. The van der Waals surface area contributed by atoms with Gasteiger partial charge < -0.3 is 5.32 Å². The molecular formula is C17H19BrN2. The standard InChI is InChI=1S/C17H19BrN2/c1-12-5-6-13(10-19-12)11-20-17-8-15(9-17)14-3-2-4-16(18)7-14/h2-7,10,15,17,20H,8-9,11H2,1H3. The van der Waals surface area contributed by atoms with Crippen LogP contribution in [0.3, 0.4) is 0 Å². The minimum atomic E-state index is 0.639. The summed E-state index contributed by atoms with van der Waals surface area (Å²) in [7, 11) is 0. The Morgan fingerprint density at radius 1 is 1.25 bits per heavy atom. The van der Waals surface area contributed by atoms with E-state index in [1.807, 2.05) is 13.1 Å². The Balaban J connectivity index is 1.48. The largest absolute Gasteiger partial charge is 0.310 e. The van der Waals surface area contributed by atoms with E-state index in [0.717, 1.165) is 12.2 Å². The quantitative estimate of drug-likeness (QED) is 0.909. The molecule has 0 atom stereocenters. The van der Waals surface area contributed by atoms with Crippen molar-refractivity contribution in [1.29, 1.82) is 0 Å². The van der Waals surface area contributed by atoms with Crippen LogP contribution < -0.4 is 5.32 Å². The smallest absolute Gasteiger partial charge is 0.0372 e. The summed E-state index contributed by atoms with van der Waals surface area (Å²) >= 11 is 3.54. The predicted molar refractivity (Wildman–Crippen MR) is 85.7 cm³/mol. The van der Waals surface area contributed by atoms with Crippen LogP contribution in [0, 0.1) is 6.92 Å². The second-order valence-electron chi connectivity index (χ2n) is 5.61. The second-order valence-corrected chi connectivity index (χ2v) is 6.52. The van der Waals surface area contributed by atoms with Gasteiger partial charge in [-0.3, -0.25) is 4.98 Å². The number of nitrogens with one attached hydrogen (secondary N) is 1. The van der Waals surface area contributed by atoms with E-state index in [4.69, 9.17) is 0 Å². The number of hydrogen-bond donors (Lipinski definition) is 1. The summed E-state index contributed by atoms with van der Waals surface area (Å²) in [6.45, 7) is 2.94. The summed E-state index contributed by atoms with van der Waals surface area (Å²) in [6, 6.07) is 13.5. The highest BCUT2D eigenvalue weighted by atomic mass is 79.9. The maximum absolute atomic E-state index is 4.33. The van der Waals surface area contributed by atoms with Crippen molar-refractivity contribution in [2.45, 2.75) is 38.3 Å². The molecular weight excluding hydrogens is 312 g/mol. The molecule has 1 fully saturated rings. The van der Waals surface area contributed by atoms with Gasteiger partial charge in [0.2, 0.25) is 0 Å². The van der Waals surface area contributed by atoms with Crippen molar-refractivity contribution >= 4 is 15.9 Å². The molecule has 1 heterocycles. The fourth-order valence-electron chi connectivity index (χ4n) is 2.68. The first kappa shape index (κ1) is 13.8. The fourth-order valence-corrected chi connectivity index (χ4v) is 3.10. The van der Waals surface area contributed by atoms with E-state index in [1.165, 1.54) is 28.4 Å². The van der Waals surface area contributed by atoms with Gasteiger partial charge >= 0.3 is 0 Å². The Kier molecular flexibility index (Phi) is 4.18. The van der Waals surface area contributed by atoms with E-state index in [1.54, 1.807) is 0 Å². The Hall–Kier alpha value is -1.19. The van der Waals surface area contributed by atoms with Crippen molar-refractivity contribution in [3.8, 4) is 0 Å². The molecule has 1 aromatic heterocycles. The first-order valence-electron chi connectivity index (χ1n) is 7.11. The Bertz CT molecular complexity index is 574. The molecule has 0 spiro atoms. The first-order chi connectivity index (χ1) is 9.70. The predicted octanol–water partition coefficient (Wildman–Crippen LogP) is 4.19. The van der Waals surface area contributed by atoms with Gasteiger partial charge in [-0.15, -0.1) is 0 Å². The van der Waals surface area contributed by atoms with Gasteiger partial charge in [0.25, 0.3) is 0 Å². The number of aromatic nitrogens is 1. The van der Waals surface area contributed by atoms with Gasteiger partial charge in [-0.25, -0.2) is 0 Å². The number of halogens is 1. The topological polar surface area (TPSA) is 24.9 Å². The van der Waals surface area contributed by atoms with E-state index >= 15 is 0 Å². The van der Waals surface area contributed by atoms with Crippen LogP contribution in [-0.4, -0.2) is 11.0 Å². The minimum Gasteiger partial charge on any atom is -0.310 e. The Labute approximate surface area is 128 Å². The molecule has 3 heteroatoms. The van der Waals surface area contributed by atoms with Crippen molar-refractivity contribution in [1.82, 2.24) is 10.3 Å². The van der Waals surface area contributed by atoms with Crippen molar-refractivity contribution in [3.05, 3.63) is 63.9 Å². The third kappa shape index (κ3) is 3.28. The summed E-state index contributed by atoms with van der Waals surface area (Å²) in [5, 5.41) is 3.62. The number of rotatable bonds is 4. The molecule has 0 saturated heterocycles. The van der Waals surface area contributed by atoms with Crippen LogP contribution in [-0.2, 0) is 6.54 Å². The van der Waals surface area contributed by atoms with E-state index < -0.39 is 0 Å². The summed E-state index contributed by atoms with van der Waals surface area (Å²) in [5.74, 6) is 0.709. The maximum atomic E-state index is 4.33. The summed E-state index contributed by atoms with van der Waals surface area (Å²) in [6.07, 6.45) is 4.43. The zero-order valence-electron chi connectivity index (χ0n) is 11.6. The molecule has 0 radical (unpaired) electrons. The number of nitrogens with zero attached hydrogens (tertiary/aromatic N) is 1. The van der Waals surface area contributed by atoms with Gasteiger partial charge in [0.1, 0.15) is 0 Å². The lowest BCUT2D eigenvalue weighted by Crippen LogP contribution is -2.39. The number of aryl methyl sites for hydroxylation is 1. The van der Waals surface area contributed by atoms with Gasteiger partial charge in [0, 0.05) is 29.0 Å². The second kappa shape index (κ2) is 6.06. The molecule has 3 rings (SSSR count). The van der Waals surface area contributed by atoms with Crippen molar-refractivity contribution in [2.24, 2.45) is 0 Å². The molecule has 1 aliphatic rings. The number of pyridine rings is 1. The third-order valence-corrected chi connectivity index (χ3v) is 4.52. The summed E-state index contributed by atoms with van der Waals surface area (Å²) in [4.78, 5) is 4.33. The highest BCUT2D eigenvalue weighted by molar-refractivity contribution is 9.10. The van der Waals surface area contributed by atoms with Crippen LogP contribution in [0.2, 0.25) is 0 Å². The van der Waals surface area contributed by atoms with Gasteiger partial charge in [-0.05, 0) is 55.0 Å². The molecule has 0 amide bonds. The summed E-state index contributed by atoms with van der Waals surface area (Å²) in [5.41, 5.74) is 3.79. The molecule has 0 bridgehead atoms. The van der Waals surface area contributed by atoms with E-state index in [0.29, 0.717) is 12.0 Å². The Morgan fingerprint density at radius 3 is 2.80 bits per heavy atom. The molecule has 1 saturated carbocycles. The van der Waals surface area contributed by atoms with Crippen molar-refractivity contribution in [2.75, 3.05) is 0 Å². The van der Waals surface area contributed by atoms with E-state index in [9.17, 15) is 0 Å². The van der Waals surface area contributed by atoms with Gasteiger partial charge in [-0.2, -0.15) is 0 Å². The zero-order chi connectivity index (χ0) is 13.9. The minimum absolute atomic E-state index is 0.639. The van der Waals surface area contributed by atoms with Crippen LogP contribution in [0.4, 0.5) is 0 Å². The molecule has 1 N–H and O–H groups in total. The van der Waals surface area contributed by atoms with Gasteiger partial charge in [0.05, 0.1) is 0 Å². The highest BCUT2D eigenvalue weighted by Crippen LogP contribution is 2.37. The van der Waals surface area contributed by atoms with Gasteiger partial charge in [-0.1, -0.05) is 34.1 Å². The normalized spacial score (nSPS) is 21.5. The Morgan fingerprint density at radius 2 is 2.10 bits per heavy atom. The lowest BCUT2D eigenvalue weighted by molar-refractivity contribution is 0.289. The monoisotopic (exact) mass is 330 g/mol. The molecule has 1 aliphatic carbocycles. The van der Waals surface area contributed by atoms with Crippen LogP contribution >= 0.6 is 15.9 Å². The van der Waals surface area contributed by atoms with Gasteiger partial charge in [0.15, 0.2) is 0 Å². The SMILES string of the molecule is Cc1ccc(CNC2CC(c3cccc(Br)c3)C2)cn1. The van der Waals surface area contributed by atoms with Crippen LogP contribution in [0.1, 0.15) is 35.6 Å². The molecule has 1 aromatic carbocycles. The van der Waals surface area contributed by atoms with E-state index in [2.05, 4.69) is 62.6 Å². The third-order valence-electron chi connectivity index (χ3n) is 4.03. The molecule has 0 aliphatic heterocycles. The van der Waals surface area contributed by atoms with Crippen LogP contribution in [0.25, 0.3) is 0 Å². The van der Waals surface area contributed by atoms with E-state index in [-0.39, 0.29) is 0 Å². The van der Waals surface area contributed by atoms with Crippen molar-refractivity contribution < 1.29 is 0 Å². The number of benzene rings is 1. The zero-order valence-corrected chi connectivity index (χ0v) is 13.2. The van der Waals surface area contributed by atoms with Crippen LogP contribution in [0.15, 0.2) is 47.1 Å².